The topological polar surface area (TPSA) is 88.4 Å². The van der Waals surface area contributed by atoms with E-state index in [2.05, 4.69) is 10.6 Å². The van der Waals surface area contributed by atoms with Gasteiger partial charge in [-0.2, -0.15) is 0 Å². The maximum atomic E-state index is 12.8. The molecule has 1 heterocycles. The summed E-state index contributed by atoms with van der Waals surface area (Å²) in [4.78, 5) is 25.4. The standard InChI is InChI=1S/C22H20N2O4S/c1-29(27)15-16-7-5-10-18(13-16)23-22(26)20(14-19-11-6-12-28-19)24-21(25)17-8-3-2-4-9-17/h2-14H,15H2,1H3,(H,23,26)(H,24,25)/b20-14-. The first kappa shape index (κ1) is 20.3. The molecule has 6 nitrogen and oxygen atoms in total. The Hall–Kier alpha value is -3.45. The van der Waals surface area contributed by atoms with Gasteiger partial charge in [-0.05, 0) is 42.0 Å². The van der Waals surface area contributed by atoms with Crippen molar-refractivity contribution in [2.45, 2.75) is 5.75 Å². The Morgan fingerprint density at radius 1 is 1.03 bits per heavy atom. The SMILES string of the molecule is CS(=O)Cc1cccc(NC(=O)/C(=C/c2ccco2)NC(=O)c2ccccc2)c1. The molecule has 0 aliphatic carbocycles. The van der Waals surface area contributed by atoms with E-state index in [0.717, 1.165) is 5.56 Å². The Kier molecular flexibility index (Phi) is 6.76. The zero-order valence-electron chi connectivity index (χ0n) is 15.8. The normalized spacial score (nSPS) is 12.2. The molecule has 0 saturated heterocycles. The van der Waals surface area contributed by atoms with Crippen LogP contribution in [0.1, 0.15) is 21.7 Å². The number of rotatable bonds is 7. The lowest BCUT2D eigenvalue weighted by atomic mass is 10.2. The lowest BCUT2D eigenvalue weighted by Gasteiger charge is -2.11. The van der Waals surface area contributed by atoms with Crippen LogP contribution in [0.2, 0.25) is 0 Å². The third kappa shape index (κ3) is 6.02. The van der Waals surface area contributed by atoms with E-state index in [0.29, 0.717) is 22.8 Å². The second kappa shape index (κ2) is 9.66. The second-order valence-electron chi connectivity index (χ2n) is 6.27. The summed E-state index contributed by atoms with van der Waals surface area (Å²) in [5.41, 5.74) is 1.85. The molecule has 148 valence electrons. The van der Waals surface area contributed by atoms with Crippen LogP contribution < -0.4 is 10.6 Å². The van der Waals surface area contributed by atoms with Crippen LogP contribution in [0.15, 0.2) is 83.1 Å². The van der Waals surface area contributed by atoms with Gasteiger partial charge in [-0.3, -0.25) is 13.8 Å². The zero-order valence-corrected chi connectivity index (χ0v) is 16.6. The highest BCUT2D eigenvalue weighted by molar-refractivity contribution is 7.83. The lowest BCUT2D eigenvalue weighted by Crippen LogP contribution is -2.30. The molecule has 0 spiro atoms. The van der Waals surface area contributed by atoms with Gasteiger partial charge in [-0.1, -0.05) is 30.3 Å². The molecule has 1 aromatic heterocycles. The van der Waals surface area contributed by atoms with Crippen molar-refractivity contribution in [2.24, 2.45) is 0 Å². The largest absolute Gasteiger partial charge is 0.465 e. The van der Waals surface area contributed by atoms with E-state index < -0.39 is 22.6 Å². The molecular formula is C22H20N2O4S. The van der Waals surface area contributed by atoms with Gasteiger partial charge in [0.15, 0.2) is 0 Å². The number of carbonyl (C=O) groups excluding carboxylic acids is 2. The Balaban J connectivity index is 1.81. The van der Waals surface area contributed by atoms with E-state index in [1.54, 1.807) is 66.9 Å². The summed E-state index contributed by atoms with van der Waals surface area (Å²) in [5, 5.41) is 5.40. The molecule has 1 unspecified atom stereocenters. The van der Waals surface area contributed by atoms with E-state index in [9.17, 15) is 13.8 Å². The van der Waals surface area contributed by atoms with E-state index in [1.165, 1.54) is 12.3 Å². The Labute approximate surface area is 171 Å². The van der Waals surface area contributed by atoms with Crippen LogP contribution in [0.25, 0.3) is 6.08 Å². The van der Waals surface area contributed by atoms with Gasteiger partial charge >= 0.3 is 0 Å². The summed E-state index contributed by atoms with van der Waals surface area (Å²) in [6.45, 7) is 0. The van der Waals surface area contributed by atoms with E-state index in [4.69, 9.17) is 4.42 Å². The summed E-state index contributed by atoms with van der Waals surface area (Å²) in [6, 6.07) is 19.1. The second-order valence-corrected chi connectivity index (χ2v) is 7.70. The number of hydrogen-bond acceptors (Lipinski definition) is 4. The number of nitrogens with one attached hydrogen (secondary N) is 2. The van der Waals surface area contributed by atoms with Crippen molar-refractivity contribution in [3.8, 4) is 0 Å². The van der Waals surface area contributed by atoms with Crippen molar-refractivity contribution < 1.29 is 18.2 Å². The molecule has 0 saturated carbocycles. The van der Waals surface area contributed by atoms with Crippen LogP contribution in [0.3, 0.4) is 0 Å². The number of amides is 2. The van der Waals surface area contributed by atoms with Gasteiger partial charge in [-0.15, -0.1) is 0 Å². The molecule has 2 aromatic carbocycles. The minimum atomic E-state index is -0.991. The van der Waals surface area contributed by atoms with Crippen molar-refractivity contribution in [2.75, 3.05) is 11.6 Å². The van der Waals surface area contributed by atoms with Crippen LogP contribution >= 0.6 is 0 Å². The van der Waals surface area contributed by atoms with Gasteiger partial charge in [0, 0.05) is 40.1 Å². The fourth-order valence-corrected chi connectivity index (χ4v) is 3.28. The maximum absolute atomic E-state index is 12.8. The van der Waals surface area contributed by atoms with E-state index >= 15 is 0 Å². The van der Waals surface area contributed by atoms with Gasteiger partial charge < -0.3 is 15.1 Å². The quantitative estimate of drug-likeness (QED) is 0.585. The number of hydrogen-bond donors (Lipinski definition) is 2. The van der Waals surface area contributed by atoms with E-state index in [1.807, 2.05) is 6.07 Å². The highest BCUT2D eigenvalue weighted by Gasteiger charge is 2.16. The minimum absolute atomic E-state index is 0.0401. The van der Waals surface area contributed by atoms with Crippen molar-refractivity contribution in [3.63, 3.8) is 0 Å². The van der Waals surface area contributed by atoms with Crippen molar-refractivity contribution in [1.29, 1.82) is 0 Å². The molecule has 0 aliphatic heterocycles. The molecule has 3 aromatic rings. The van der Waals surface area contributed by atoms with Crippen molar-refractivity contribution >= 4 is 34.4 Å². The fourth-order valence-electron chi connectivity index (χ4n) is 2.63. The first-order valence-corrected chi connectivity index (χ1v) is 10.6. The fraction of sp³-hybridized carbons (Fsp3) is 0.0909. The highest BCUT2D eigenvalue weighted by Crippen LogP contribution is 2.14. The highest BCUT2D eigenvalue weighted by atomic mass is 32.2. The monoisotopic (exact) mass is 408 g/mol. The van der Waals surface area contributed by atoms with Crippen molar-refractivity contribution in [1.82, 2.24) is 5.32 Å². The summed E-state index contributed by atoms with van der Waals surface area (Å²) in [6.07, 6.45) is 4.56. The number of furan rings is 1. The summed E-state index contributed by atoms with van der Waals surface area (Å²) in [5.74, 6) is -0.0865. The molecule has 0 bridgehead atoms. The van der Waals surface area contributed by atoms with Gasteiger partial charge in [0.25, 0.3) is 11.8 Å². The Morgan fingerprint density at radius 3 is 2.52 bits per heavy atom. The number of carbonyl (C=O) groups is 2. The predicted molar refractivity (Wildman–Crippen MR) is 113 cm³/mol. The van der Waals surface area contributed by atoms with E-state index in [-0.39, 0.29) is 5.70 Å². The van der Waals surface area contributed by atoms with Crippen LogP contribution in [0, 0.1) is 0 Å². The van der Waals surface area contributed by atoms with Gasteiger partial charge in [0.05, 0.1) is 6.26 Å². The Bertz CT molecular complexity index is 1040. The average Bonchev–Trinajstić information content (AvgIpc) is 3.21. The molecule has 3 rings (SSSR count). The smallest absolute Gasteiger partial charge is 0.272 e. The molecule has 2 N–H and O–H groups in total. The molecule has 2 amide bonds. The zero-order chi connectivity index (χ0) is 20.6. The summed E-state index contributed by atoms with van der Waals surface area (Å²) >= 11 is 0. The summed E-state index contributed by atoms with van der Waals surface area (Å²) in [7, 11) is -0.991. The van der Waals surface area contributed by atoms with Crippen LogP contribution in [-0.2, 0) is 21.3 Å². The van der Waals surface area contributed by atoms with Gasteiger partial charge in [-0.25, -0.2) is 0 Å². The van der Waals surface area contributed by atoms with Gasteiger partial charge in [0.1, 0.15) is 11.5 Å². The first-order valence-electron chi connectivity index (χ1n) is 8.83. The lowest BCUT2D eigenvalue weighted by molar-refractivity contribution is -0.113. The van der Waals surface area contributed by atoms with Crippen LogP contribution in [0.4, 0.5) is 5.69 Å². The first-order chi connectivity index (χ1) is 14.0. The maximum Gasteiger partial charge on any atom is 0.272 e. The number of benzene rings is 2. The number of anilines is 1. The molecule has 7 heteroatoms. The minimum Gasteiger partial charge on any atom is -0.465 e. The van der Waals surface area contributed by atoms with Gasteiger partial charge in [0.2, 0.25) is 0 Å². The third-order valence-corrected chi connectivity index (χ3v) is 4.65. The Morgan fingerprint density at radius 2 is 1.83 bits per heavy atom. The summed E-state index contributed by atoms with van der Waals surface area (Å²) < 4.78 is 16.7. The molecule has 1 atom stereocenters. The molecular weight excluding hydrogens is 388 g/mol. The molecule has 29 heavy (non-hydrogen) atoms. The van der Waals surface area contributed by atoms with Crippen LogP contribution in [-0.4, -0.2) is 22.3 Å². The van der Waals surface area contributed by atoms with Crippen LogP contribution in [0.5, 0.6) is 0 Å². The third-order valence-electron chi connectivity index (χ3n) is 3.91. The average molecular weight is 408 g/mol. The predicted octanol–water partition coefficient (Wildman–Crippen LogP) is 3.57. The molecule has 0 fully saturated rings. The molecule has 0 radical (unpaired) electrons. The molecule has 0 aliphatic rings. The van der Waals surface area contributed by atoms with Crippen molar-refractivity contribution in [3.05, 3.63) is 95.6 Å².